The predicted octanol–water partition coefficient (Wildman–Crippen LogP) is 3.19. The van der Waals surface area contributed by atoms with Crippen molar-refractivity contribution < 1.29 is 36.2 Å². The van der Waals surface area contributed by atoms with Gasteiger partial charge in [0.15, 0.2) is 0 Å². The number of ether oxygens (including phenoxy) is 1. The molecule has 0 saturated heterocycles. The van der Waals surface area contributed by atoms with Gasteiger partial charge in [-0.3, -0.25) is 9.78 Å². The molecule has 148 valence electrons. The standard InChI is InChI=1S/C17H13F3N2O5S/c18-17(19,20)27-12-3-1-4-13(10-12)28(25,26)22-11(6-7-16(23)24)9-14-15(22)5-2-8-21-14/h1-5,8-10H,6-7H2,(H,23,24). The van der Waals surface area contributed by atoms with E-state index in [2.05, 4.69) is 9.72 Å². The van der Waals surface area contributed by atoms with Crippen LogP contribution in [-0.2, 0) is 21.2 Å². The maximum atomic E-state index is 13.1. The van der Waals surface area contributed by atoms with Crippen molar-refractivity contribution in [1.29, 1.82) is 0 Å². The van der Waals surface area contributed by atoms with Gasteiger partial charge in [0.1, 0.15) is 5.75 Å². The average molecular weight is 414 g/mol. The minimum atomic E-state index is -4.97. The number of nitrogens with zero attached hydrogens (tertiary/aromatic N) is 2. The summed E-state index contributed by atoms with van der Waals surface area (Å²) in [5, 5.41) is 8.91. The van der Waals surface area contributed by atoms with Crippen LogP contribution in [0.1, 0.15) is 12.1 Å². The molecule has 11 heteroatoms. The van der Waals surface area contributed by atoms with E-state index in [1.54, 1.807) is 0 Å². The molecule has 1 N–H and O–H groups in total. The average Bonchev–Trinajstić information content (AvgIpc) is 2.98. The lowest BCUT2D eigenvalue weighted by molar-refractivity contribution is -0.274. The number of hydrogen-bond acceptors (Lipinski definition) is 5. The van der Waals surface area contributed by atoms with E-state index in [1.807, 2.05) is 0 Å². The van der Waals surface area contributed by atoms with E-state index in [4.69, 9.17) is 5.11 Å². The third kappa shape index (κ3) is 4.09. The van der Waals surface area contributed by atoms with E-state index in [0.29, 0.717) is 5.52 Å². The van der Waals surface area contributed by atoms with Crippen molar-refractivity contribution in [2.24, 2.45) is 0 Å². The van der Waals surface area contributed by atoms with Gasteiger partial charge in [0.05, 0.1) is 22.3 Å². The minimum absolute atomic E-state index is 0.107. The Hall–Kier alpha value is -3.08. The molecule has 2 aromatic heterocycles. The van der Waals surface area contributed by atoms with E-state index in [1.165, 1.54) is 24.4 Å². The zero-order valence-electron chi connectivity index (χ0n) is 14.0. The molecule has 0 spiro atoms. The Kier molecular flexibility index (Phi) is 5.02. The number of benzene rings is 1. The van der Waals surface area contributed by atoms with Crippen LogP contribution in [0, 0.1) is 0 Å². The minimum Gasteiger partial charge on any atom is -0.481 e. The number of aromatic nitrogens is 2. The molecule has 0 aliphatic rings. The van der Waals surface area contributed by atoms with Crippen LogP contribution in [-0.4, -0.2) is 34.8 Å². The highest BCUT2D eigenvalue weighted by Crippen LogP contribution is 2.29. The summed E-state index contributed by atoms with van der Waals surface area (Å²) in [5.74, 6) is -1.81. The van der Waals surface area contributed by atoms with E-state index in [9.17, 15) is 26.4 Å². The second-order valence-corrected chi connectivity index (χ2v) is 7.52. The van der Waals surface area contributed by atoms with Crippen molar-refractivity contribution in [2.75, 3.05) is 0 Å². The summed E-state index contributed by atoms with van der Waals surface area (Å²) in [6.45, 7) is 0. The van der Waals surface area contributed by atoms with Gasteiger partial charge in [-0.05, 0) is 36.8 Å². The molecule has 3 aromatic rings. The van der Waals surface area contributed by atoms with Crippen LogP contribution in [0.3, 0.4) is 0 Å². The molecule has 1 aromatic carbocycles. The normalized spacial score (nSPS) is 12.2. The van der Waals surface area contributed by atoms with Crippen molar-refractivity contribution in [1.82, 2.24) is 8.96 Å². The molecular formula is C17H13F3N2O5S. The first-order chi connectivity index (χ1) is 13.1. The quantitative estimate of drug-likeness (QED) is 0.665. The number of carboxylic acid groups (broad SMARTS) is 1. The largest absolute Gasteiger partial charge is 0.573 e. The van der Waals surface area contributed by atoms with Gasteiger partial charge in [-0.1, -0.05) is 6.07 Å². The van der Waals surface area contributed by atoms with Crippen LogP contribution < -0.4 is 4.74 Å². The van der Waals surface area contributed by atoms with Crippen molar-refractivity contribution in [3.8, 4) is 5.75 Å². The molecule has 0 unspecified atom stereocenters. The molecule has 0 atom stereocenters. The number of aryl methyl sites for hydroxylation is 1. The summed E-state index contributed by atoms with van der Waals surface area (Å²) in [4.78, 5) is 14.5. The summed E-state index contributed by atoms with van der Waals surface area (Å²) in [6, 6.07) is 8.39. The van der Waals surface area contributed by atoms with E-state index < -0.39 is 33.0 Å². The monoisotopic (exact) mass is 414 g/mol. The summed E-state index contributed by atoms with van der Waals surface area (Å²) in [6.07, 6.45) is -3.97. The van der Waals surface area contributed by atoms with Gasteiger partial charge in [-0.25, -0.2) is 12.4 Å². The summed E-state index contributed by atoms with van der Waals surface area (Å²) >= 11 is 0. The molecule has 0 saturated carbocycles. The maximum absolute atomic E-state index is 13.1. The number of pyridine rings is 1. The van der Waals surface area contributed by atoms with E-state index in [0.717, 1.165) is 28.2 Å². The Morgan fingerprint density at radius 1 is 1.18 bits per heavy atom. The van der Waals surface area contributed by atoms with Crippen LogP contribution in [0.15, 0.2) is 53.6 Å². The summed E-state index contributed by atoms with van der Waals surface area (Å²) in [7, 11) is -4.34. The maximum Gasteiger partial charge on any atom is 0.573 e. The second kappa shape index (κ2) is 7.15. The van der Waals surface area contributed by atoms with Crippen LogP contribution in [0.5, 0.6) is 5.75 Å². The van der Waals surface area contributed by atoms with Crippen LogP contribution in [0.2, 0.25) is 0 Å². The van der Waals surface area contributed by atoms with Crippen LogP contribution >= 0.6 is 0 Å². The molecule has 0 fully saturated rings. The fraction of sp³-hybridized carbons (Fsp3) is 0.176. The first kappa shape index (κ1) is 19.7. The van der Waals surface area contributed by atoms with Gasteiger partial charge in [0.2, 0.25) is 0 Å². The zero-order valence-corrected chi connectivity index (χ0v) is 14.9. The number of carboxylic acids is 1. The SMILES string of the molecule is O=C(O)CCc1cc2ncccc2n1S(=O)(=O)c1cccc(OC(F)(F)F)c1. The van der Waals surface area contributed by atoms with E-state index in [-0.39, 0.29) is 24.1 Å². The van der Waals surface area contributed by atoms with Crippen molar-refractivity contribution in [2.45, 2.75) is 24.1 Å². The molecule has 0 aliphatic carbocycles. The third-order valence-electron chi connectivity index (χ3n) is 3.77. The Bertz CT molecular complexity index is 1140. The van der Waals surface area contributed by atoms with Gasteiger partial charge in [0.25, 0.3) is 10.0 Å². The van der Waals surface area contributed by atoms with E-state index >= 15 is 0 Å². The van der Waals surface area contributed by atoms with Gasteiger partial charge < -0.3 is 9.84 Å². The topological polar surface area (TPSA) is 98.5 Å². The second-order valence-electron chi connectivity index (χ2n) is 5.73. The number of hydrogen-bond donors (Lipinski definition) is 1. The zero-order chi connectivity index (χ0) is 20.5. The lowest BCUT2D eigenvalue weighted by Gasteiger charge is -2.13. The van der Waals surface area contributed by atoms with Gasteiger partial charge >= 0.3 is 12.3 Å². The first-order valence-corrected chi connectivity index (χ1v) is 9.30. The lowest BCUT2D eigenvalue weighted by atomic mass is 10.2. The highest BCUT2D eigenvalue weighted by atomic mass is 32.2. The molecule has 0 bridgehead atoms. The summed E-state index contributed by atoms with van der Waals surface area (Å²) in [5.41, 5.74) is 0.650. The fourth-order valence-electron chi connectivity index (χ4n) is 2.69. The number of carbonyl (C=O) groups is 1. The smallest absolute Gasteiger partial charge is 0.481 e. The van der Waals surface area contributed by atoms with Gasteiger partial charge in [-0.2, -0.15) is 0 Å². The molecule has 0 radical (unpaired) electrons. The summed E-state index contributed by atoms with van der Waals surface area (Å²) < 4.78 is 68.3. The molecule has 3 rings (SSSR count). The number of aliphatic carboxylic acids is 1. The van der Waals surface area contributed by atoms with Crippen molar-refractivity contribution in [3.63, 3.8) is 0 Å². The molecule has 28 heavy (non-hydrogen) atoms. The highest BCUT2D eigenvalue weighted by Gasteiger charge is 2.32. The first-order valence-electron chi connectivity index (χ1n) is 7.86. The highest BCUT2D eigenvalue weighted by molar-refractivity contribution is 7.90. The van der Waals surface area contributed by atoms with Crippen LogP contribution in [0.25, 0.3) is 11.0 Å². The number of halogens is 3. The van der Waals surface area contributed by atoms with Crippen molar-refractivity contribution >= 4 is 27.0 Å². The Balaban J connectivity index is 2.14. The fourth-order valence-corrected chi connectivity index (χ4v) is 4.29. The Labute approximate surface area is 157 Å². The number of rotatable bonds is 6. The van der Waals surface area contributed by atoms with Gasteiger partial charge in [-0.15, -0.1) is 13.2 Å². The third-order valence-corrected chi connectivity index (χ3v) is 5.53. The molecule has 0 amide bonds. The number of fused-ring (bicyclic) bond motifs is 1. The molecule has 7 nitrogen and oxygen atoms in total. The Morgan fingerprint density at radius 3 is 2.61 bits per heavy atom. The molecule has 0 aliphatic heterocycles. The van der Waals surface area contributed by atoms with Gasteiger partial charge in [0, 0.05) is 18.0 Å². The van der Waals surface area contributed by atoms with Crippen molar-refractivity contribution in [3.05, 3.63) is 54.4 Å². The number of alkyl halides is 3. The van der Waals surface area contributed by atoms with Crippen LogP contribution in [0.4, 0.5) is 13.2 Å². The predicted molar refractivity (Wildman–Crippen MR) is 91.4 cm³/mol. The molecule has 2 heterocycles. The molecular weight excluding hydrogens is 401 g/mol. The Morgan fingerprint density at radius 2 is 1.93 bits per heavy atom. The lowest BCUT2D eigenvalue weighted by Crippen LogP contribution is -2.19.